The van der Waals surface area contributed by atoms with Crippen LogP contribution in [0.25, 0.3) is 5.78 Å². The molecule has 4 aromatic rings. The van der Waals surface area contributed by atoms with E-state index in [9.17, 15) is 18.0 Å². The van der Waals surface area contributed by atoms with Crippen LogP contribution in [0.3, 0.4) is 0 Å². The molecule has 0 atom stereocenters. The average Bonchev–Trinajstić information content (AvgIpc) is 3.10. The van der Waals surface area contributed by atoms with Gasteiger partial charge in [0.05, 0.1) is 11.3 Å². The van der Waals surface area contributed by atoms with Gasteiger partial charge in [-0.05, 0) is 23.8 Å². The summed E-state index contributed by atoms with van der Waals surface area (Å²) in [4.78, 5) is 21.5. The van der Waals surface area contributed by atoms with Gasteiger partial charge in [0, 0.05) is 23.1 Å². The minimum Gasteiger partial charge on any atom is -0.275 e. The summed E-state index contributed by atoms with van der Waals surface area (Å²) >= 11 is 1.18. The molecular formula is C20H15F3N4OS. The molecule has 29 heavy (non-hydrogen) atoms. The first-order valence-corrected chi connectivity index (χ1v) is 9.68. The van der Waals surface area contributed by atoms with E-state index in [4.69, 9.17) is 0 Å². The first-order chi connectivity index (χ1) is 13.9. The van der Waals surface area contributed by atoms with Crippen molar-refractivity contribution in [3.8, 4) is 0 Å². The van der Waals surface area contributed by atoms with Crippen molar-refractivity contribution in [2.75, 3.05) is 0 Å². The number of fused-ring (bicyclic) bond motifs is 1. The molecule has 5 nitrogen and oxygen atoms in total. The Morgan fingerprint density at radius 3 is 2.55 bits per heavy atom. The van der Waals surface area contributed by atoms with E-state index in [1.54, 1.807) is 6.07 Å². The average molecular weight is 416 g/mol. The van der Waals surface area contributed by atoms with Crippen molar-refractivity contribution in [2.45, 2.75) is 23.2 Å². The molecule has 0 unspecified atom stereocenters. The minimum absolute atomic E-state index is 0.239. The topological polar surface area (TPSA) is 63.0 Å². The third kappa shape index (κ3) is 4.51. The van der Waals surface area contributed by atoms with E-state index in [0.717, 1.165) is 17.7 Å². The maximum atomic E-state index is 12.8. The summed E-state index contributed by atoms with van der Waals surface area (Å²) in [6.07, 6.45) is -3.87. The zero-order chi connectivity index (χ0) is 20.4. The molecule has 0 saturated heterocycles. The number of aromatic nitrogens is 4. The Morgan fingerprint density at radius 1 is 1.00 bits per heavy atom. The number of hydrogen-bond donors (Lipinski definition) is 1. The third-order valence-corrected chi connectivity index (χ3v) is 5.22. The molecule has 2 aromatic heterocycles. The van der Waals surface area contributed by atoms with Crippen molar-refractivity contribution in [3.63, 3.8) is 0 Å². The third-order valence-electron chi connectivity index (χ3n) is 4.19. The Kier molecular flexibility index (Phi) is 5.14. The summed E-state index contributed by atoms with van der Waals surface area (Å²) in [6, 6.07) is 16.1. The van der Waals surface area contributed by atoms with E-state index in [2.05, 4.69) is 15.1 Å². The van der Waals surface area contributed by atoms with Crippen LogP contribution >= 0.6 is 11.8 Å². The number of hydrogen-bond acceptors (Lipinski definition) is 4. The van der Waals surface area contributed by atoms with Crippen molar-refractivity contribution in [2.24, 2.45) is 0 Å². The van der Waals surface area contributed by atoms with Gasteiger partial charge in [0.25, 0.3) is 11.3 Å². The number of thioether (sulfide) groups is 1. The van der Waals surface area contributed by atoms with Crippen LogP contribution in [0.5, 0.6) is 0 Å². The van der Waals surface area contributed by atoms with Gasteiger partial charge in [-0.3, -0.25) is 9.89 Å². The maximum absolute atomic E-state index is 12.8. The van der Waals surface area contributed by atoms with Gasteiger partial charge >= 0.3 is 6.18 Å². The van der Waals surface area contributed by atoms with Gasteiger partial charge in [-0.1, -0.05) is 36.4 Å². The lowest BCUT2D eigenvalue weighted by molar-refractivity contribution is -0.137. The molecule has 2 heterocycles. The Hall–Kier alpha value is -3.07. The summed E-state index contributed by atoms with van der Waals surface area (Å²) < 4.78 is 39.8. The molecule has 9 heteroatoms. The number of H-pyrrole nitrogens is 1. The fourth-order valence-electron chi connectivity index (χ4n) is 2.83. The Balaban J connectivity index is 1.54. The van der Waals surface area contributed by atoms with E-state index >= 15 is 0 Å². The van der Waals surface area contributed by atoms with E-state index in [1.807, 2.05) is 30.3 Å². The highest BCUT2D eigenvalue weighted by molar-refractivity contribution is 7.98. The zero-order valence-corrected chi connectivity index (χ0v) is 15.8. The number of aromatic amines is 1. The molecule has 0 radical (unpaired) electrons. The largest absolute Gasteiger partial charge is 0.416 e. The van der Waals surface area contributed by atoms with Crippen LogP contribution in [-0.2, 0) is 18.3 Å². The minimum atomic E-state index is -4.39. The van der Waals surface area contributed by atoms with Crippen LogP contribution in [0.2, 0.25) is 0 Å². The maximum Gasteiger partial charge on any atom is 0.416 e. The van der Waals surface area contributed by atoms with Gasteiger partial charge in [0.15, 0.2) is 0 Å². The van der Waals surface area contributed by atoms with Gasteiger partial charge in [-0.15, -0.1) is 11.8 Å². The zero-order valence-electron chi connectivity index (χ0n) is 15.0. The number of halogens is 3. The smallest absolute Gasteiger partial charge is 0.275 e. The van der Waals surface area contributed by atoms with Crippen molar-refractivity contribution in [1.29, 1.82) is 0 Å². The second-order valence-electron chi connectivity index (χ2n) is 6.37. The predicted molar refractivity (Wildman–Crippen MR) is 104 cm³/mol. The van der Waals surface area contributed by atoms with E-state index in [0.29, 0.717) is 22.8 Å². The van der Waals surface area contributed by atoms with Crippen LogP contribution in [0.1, 0.15) is 22.6 Å². The van der Waals surface area contributed by atoms with Crippen LogP contribution in [0.15, 0.2) is 70.4 Å². The van der Waals surface area contributed by atoms with Crippen molar-refractivity contribution in [1.82, 2.24) is 19.6 Å². The lowest BCUT2D eigenvalue weighted by Gasteiger charge is -2.08. The van der Waals surface area contributed by atoms with E-state index < -0.39 is 11.7 Å². The van der Waals surface area contributed by atoms with Crippen LogP contribution in [0.4, 0.5) is 13.2 Å². The standard InChI is InChI=1S/C20H15F3N4OS/c21-20(22,23)14-7-4-8-16(10-14)29-12-15-11-18(28)27-19(24-15)25-17(26-27)9-13-5-2-1-3-6-13/h1-8,10-11H,9,12H2,(H,24,25,26). The number of alkyl halides is 3. The Bertz CT molecular complexity index is 1200. The fourth-order valence-corrected chi connectivity index (χ4v) is 3.68. The lowest BCUT2D eigenvalue weighted by atomic mass is 10.1. The predicted octanol–water partition coefficient (Wildman–Crippen LogP) is 4.32. The molecule has 0 bridgehead atoms. The van der Waals surface area contributed by atoms with Crippen LogP contribution < -0.4 is 5.56 Å². The molecule has 0 aliphatic heterocycles. The number of nitrogens with one attached hydrogen (secondary N) is 1. The summed E-state index contributed by atoms with van der Waals surface area (Å²) in [6.45, 7) is 0. The van der Waals surface area contributed by atoms with Crippen LogP contribution in [0, 0.1) is 0 Å². The quantitative estimate of drug-likeness (QED) is 0.492. The highest BCUT2D eigenvalue weighted by Crippen LogP contribution is 2.32. The second-order valence-corrected chi connectivity index (χ2v) is 7.42. The SMILES string of the molecule is O=c1cc(CSc2cccc(C(F)(F)F)c2)nc2nc(Cc3ccccc3)[nH]n12. The van der Waals surface area contributed by atoms with Gasteiger partial charge in [-0.2, -0.15) is 22.7 Å². The highest BCUT2D eigenvalue weighted by Gasteiger charge is 2.30. The van der Waals surface area contributed by atoms with E-state index in [1.165, 1.54) is 28.4 Å². The monoisotopic (exact) mass is 416 g/mol. The summed E-state index contributed by atoms with van der Waals surface area (Å²) in [5.41, 5.74) is 0.473. The molecule has 0 aliphatic rings. The molecule has 0 saturated carbocycles. The molecule has 0 aliphatic carbocycles. The van der Waals surface area contributed by atoms with Crippen molar-refractivity contribution < 1.29 is 13.2 Å². The molecule has 4 rings (SSSR count). The second kappa shape index (κ2) is 7.75. The highest BCUT2D eigenvalue weighted by atomic mass is 32.2. The lowest BCUT2D eigenvalue weighted by Crippen LogP contribution is -2.15. The molecule has 0 fully saturated rings. The molecule has 148 valence electrons. The van der Waals surface area contributed by atoms with Gasteiger partial charge < -0.3 is 0 Å². The van der Waals surface area contributed by atoms with Gasteiger partial charge in [0.2, 0.25) is 0 Å². The Morgan fingerprint density at radius 2 is 1.79 bits per heavy atom. The molecule has 1 N–H and O–H groups in total. The fraction of sp³-hybridized carbons (Fsp3) is 0.150. The van der Waals surface area contributed by atoms with Gasteiger partial charge in [0.1, 0.15) is 5.82 Å². The van der Waals surface area contributed by atoms with E-state index in [-0.39, 0.29) is 17.1 Å². The van der Waals surface area contributed by atoms with Crippen molar-refractivity contribution in [3.05, 3.63) is 93.7 Å². The normalized spacial score (nSPS) is 11.8. The first kappa shape index (κ1) is 19.3. The molecular weight excluding hydrogens is 401 g/mol. The summed E-state index contributed by atoms with van der Waals surface area (Å²) in [5.74, 6) is 1.10. The number of nitrogens with zero attached hydrogens (tertiary/aromatic N) is 3. The number of rotatable bonds is 5. The Labute approximate surface area is 167 Å². The summed E-state index contributed by atoms with van der Waals surface area (Å²) in [5, 5.41) is 2.94. The van der Waals surface area contributed by atoms with Crippen molar-refractivity contribution >= 4 is 17.5 Å². The number of benzene rings is 2. The molecule has 0 spiro atoms. The first-order valence-electron chi connectivity index (χ1n) is 8.70. The van der Waals surface area contributed by atoms with Gasteiger partial charge in [-0.25, -0.2) is 4.98 Å². The van der Waals surface area contributed by atoms with Crippen LogP contribution in [-0.4, -0.2) is 19.6 Å². The molecule has 2 aromatic carbocycles. The summed E-state index contributed by atoms with van der Waals surface area (Å²) in [7, 11) is 0. The molecule has 0 amide bonds.